The predicted octanol–water partition coefficient (Wildman–Crippen LogP) is 3.74. The molecule has 0 amide bonds. The van der Waals surface area contributed by atoms with E-state index in [1.165, 1.54) is 5.56 Å². The van der Waals surface area contributed by atoms with Crippen molar-refractivity contribution in [2.75, 3.05) is 6.54 Å². The minimum atomic E-state index is 0.128. The molecule has 0 fully saturated rings. The van der Waals surface area contributed by atoms with Gasteiger partial charge >= 0.3 is 0 Å². The average molecular weight is 355 g/mol. The quantitative estimate of drug-likeness (QED) is 0.523. The molecule has 26 heavy (non-hydrogen) atoms. The minimum Gasteiger partial charge on any atom is -0.508 e. The molecule has 0 radical (unpaired) electrons. The van der Waals surface area contributed by atoms with E-state index in [0.717, 1.165) is 29.4 Å². The van der Waals surface area contributed by atoms with Crippen LogP contribution in [0.1, 0.15) is 37.5 Å². The maximum absolute atomic E-state index is 9.56. The summed E-state index contributed by atoms with van der Waals surface area (Å²) in [6.07, 6.45) is 0.128. The van der Waals surface area contributed by atoms with Gasteiger partial charge in [0.05, 0.1) is 12.6 Å². The van der Waals surface area contributed by atoms with Crippen molar-refractivity contribution < 1.29 is 9.84 Å². The molecule has 2 rings (SSSR count). The summed E-state index contributed by atoms with van der Waals surface area (Å²) in [5, 5.41) is 16.2. The van der Waals surface area contributed by atoms with Crippen LogP contribution in [0.5, 0.6) is 11.5 Å². The van der Waals surface area contributed by atoms with Crippen LogP contribution in [0.15, 0.2) is 47.5 Å². The molecule has 3 N–H and O–H groups in total. The summed E-state index contributed by atoms with van der Waals surface area (Å²) in [6, 6.07) is 13.4. The standard InChI is InChI=1S/C21H29N3O2/c1-5-22-21(23-13-17-7-6-8-19(25)12-17)24-14-18-10-9-16(4)11-20(18)26-15(2)3/h6-12,15,25H,5,13-14H2,1-4H3,(H2,22,23,24). The molecule has 2 aromatic rings. The van der Waals surface area contributed by atoms with Gasteiger partial charge < -0.3 is 20.5 Å². The molecule has 5 nitrogen and oxygen atoms in total. The van der Waals surface area contributed by atoms with Crippen LogP contribution in [0.2, 0.25) is 0 Å². The topological polar surface area (TPSA) is 65.9 Å². The first kappa shape index (κ1) is 19.6. The highest BCUT2D eigenvalue weighted by atomic mass is 16.5. The smallest absolute Gasteiger partial charge is 0.191 e. The van der Waals surface area contributed by atoms with Crippen LogP contribution in [0.25, 0.3) is 0 Å². The molecular formula is C21H29N3O2. The van der Waals surface area contributed by atoms with Crippen molar-refractivity contribution in [3.05, 3.63) is 59.2 Å². The Morgan fingerprint density at radius 1 is 1.15 bits per heavy atom. The molecule has 140 valence electrons. The van der Waals surface area contributed by atoms with Gasteiger partial charge in [0.25, 0.3) is 0 Å². The zero-order chi connectivity index (χ0) is 18.9. The molecule has 0 aliphatic rings. The van der Waals surface area contributed by atoms with Crippen LogP contribution in [0, 0.1) is 6.92 Å². The molecule has 5 heteroatoms. The van der Waals surface area contributed by atoms with Gasteiger partial charge in [-0.3, -0.25) is 0 Å². The number of phenols is 1. The second-order valence-electron chi connectivity index (χ2n) is 6.50. The van der Waals surface area contributed by atoms with Crippen molar-refractivity contribution >= 4 is 5.96 Å². The van der Waals surface area contributed by atoms with Crippen LogP contribution in [0.3, 0.4) is 0 Å². The van der Waals surface area contributed by atoms with E-state index in [4.69, 9.17) is 4.74 Å². The van der Waals surface area contributed by atoms with E-state index in [2.05, 4.69) is 40.7 Å². The number of nitrogens with zero attached hydrogens (tertiary/aromatic N) is 1. The van der Waals surface area contributed by atoms with Crippen molar-refractivity contribution in [3.63, 3.8) is 0 Å². The fraction of sp³-hybridized carbons (Fsp3) is 0.381. The van der Waals surface area contributed by atoms with Crippen molar-refractivity contribution in [3.8, 4) is 11.5 Å². The Bertz CT molecular complexity index is 742. The van der Waals surface area contributed by atoms with Gasteiger partial charge in [0, 0.05) is 18.7 Å². The number of guanidine groups is 1. The molecule has 0 saturated carbocycles. The molecule has 0 atom stereocenters. The van der Waals surface area contributed by atoms with Crippen molar-refractivity contribution in [1.29, 1.82) is 0 Å². The lowest BCUT2D eigenvalue weighted by Crippen LogP contribution is -2.36. The highest BCUT2D eigenvalue weighted by Crippen LogP contribution is 2.21. The Kier molecular flexibility index (Phi) is 7.33. The SMILES string of the molecule is CCNC(=NCc1cccc(O)c1)NCc1ccc(C)cc1OC(C)C. The van der Waals surface area contributed by atoms with E-state index in [1.54, 1.807) is 12.1 Å². The first-order valence-corrected chi connectivity index (χ1v) is 9.04. The molecule has 0 aliphatic heterocycles. The fourth-order valence-corrected chi connectivity index (χ4v) is 2.52. The maximum atomic E-state index is 9.56. The number of phenolic OH excluding ortho intramolecular Hbond substituents is 1. The first-order chi connectivity index (χ1) is 12.5. The zero-order valence-corrected chi connectivity index (χ0v) is 16.0. The molecule has 0 aliphatic carbocycles. The third kappa shape index (κ3) is 6.31. The summed E-state index contributed by atoms with van der Waals surface area (Å²) in [7, 11) is 0. The highest BCUT2D eigenvalue weighted by molar-refractivity contribution is 5.79. The number of aromatic hydroxyl groups is 1. The Balaban J connectivity index is 2.07. The average Bonchev–Trinajstić information content (AvgIpc) is 2.58. The monoisotopic (exact) mass is 355 g/mol. The highest BCUT2D eigenvalue weighted by Gasteiger charge is 2.07. The Morgan fingerprint density at radius 2 is 1.96 bits per heavy atom. The van der Waals surface area contributed by atoms with Gasteiger partial charge in [-0.15, -0.1) is 0 Å². The Labute approximate surface area is 156 Å². The molecular weight excluding hydrogens is 326 g/mol. The number of hydrogen-bond acceptors (Lipinski definition) is 3. The number of aliphatic imine (C=N–C) groups is 1. The molecule has 0 saturated heterocycles. The summed E-state index contributed by atoms with van der Waals surface area (Å²) in [5.74, 6) is 1.88. The number of rotatable bonds is 7. The van der Waals surface area contributed by atoms with E-state index in [0.29, 0.717) is 13.1 Å². The third-order valence-corrected chi connectivity index (χ3v) is 3.71. The Hall–Kier alpha value is -2.69. The van der Waals surface area contributed by atoms with Gasteiger partial charge in [-0.25, -0.2) is 4.99 Å². The van der Waals surface area contributed by atoms with Gasteiger partial charge in [-0.1, -0.05) is 24.3 Å². The maximum Gasteiger partial charge on any atom is 0.191 e. The van der Waals surface area contributed by atoms with E-state index in [-0.39, 0.29) is 11.9 Å². The summed E-state index contributed by atoms with van der Waals surface area (Å²) >= 11 is 0. The third-order valence-electron chi connectivity index (χ3n) is 3.71. The Morgan fingerprint density at radius 3 is 2.65 bits per heavy atom. The van der Waals surface area contributed by atoms with Gasteiger partial charge in [-0.05, 0) is 57.0 Å². The van der Waals surface area contributed by atoms with Crippen molar-refractivity contribution in [2.45, 2.75) is 46.9 Å². The number of aryl methyl sites for hydroxylation is 1. The number of benzene rings is 2. The molecule has 2 aromatic carbocycles. The van der Waals surface area contributed by atoms with Crippen LogP contribution in [-0.2, 0) is 13.1 Å². The van der Waals surface area contributed by atoms with Crippen LogP contribution >= 0.6 is 0 Å². The fourth-order valence-electron chi connectivity index (χ4n) is 2.52. The van der Waals surface area contributed by atoms with E-state index in [1.807, 2.05) is 32.9 Å². The van der Waals surface area contributed by atoms with Gasteiger partial charge in [0.15, 0.2) is 5.96 Å². The van der Waals surface area contributed by atoms with Crippen molar-refractivity contribution in [2.24, 2.45) is 4.99 Å². The van der Waals surface area contributed by atoms with E-state index in [9.17, 15) is 5.11 Å². The lowest BCUT2D eigenvalue weighted by atomic mass is 10.1. The molecule has 0 spiro atoms. The summed E-state index contributed by atoms with van der Waals surface area (Å²) in [5.41, 5.74) is 3.22. The second kappa shape index (κ2) is 9.70. The summed E-state index contributed by atoms with van der Waals surface area (Å²) in [4.78, 5) is 4.59. The number of hydrogen-bond donors (Lipinski definition) is 3. The predicted molar refractivity (Wildman–Crippen MR) is 107 cm³/mol. The summed E-state index contributed by atoms with van der Waals surface area (Å²) in [6.45, 7) is 10.0. The first-order valence-electron chi connectivity index (χ1n) is 9.04. The molecule has 0 heterocycles. The van der Waals surface area contributed by atoms with Gasteiger partial charge in [0.2, 0.25) is 0 Å². The number of ether oxygens (including phenoxy) is 1. The lowest BCUT2D eigenvalue weighted by Gasteiger charge is -2.17. The van der Waals surface area contributed by atoms with E-state index < -0.39 is 0 Å². The van der Waals surface area contributed by atoms with Gasteiger partial charge in [-0.2, -0.15) is 0 Å². The molecule has 0 aromatic heterocycles. The molecule has 0 unspecified atom stereocenters. The van der Waals surface area contributed by atoms with Crippen molar-refractivity contribution in [1.82, 2.24) is 10.6 Å². The van der Waals surface area contributed by atoms with Crippen LogP contribution < -0.4 is 15.4 Å². The zero-order valence-electron chi connectivity index (χ0n) is 16.0. The van der Waals surface area contributed by atoms with Crippen LogP contribution in [0.4, 0.5) is 0 Å². The molecule has 0 bridgehead atoms. The second-order valence-corrected chi connectivity index (χ2v) is 6.50. The summed E-state index contributed by atoms with van der Waals surface area (Å²) < 4.78 is 5.93. The van der Waals surface area contributed by atoms with E-state index >= 15 is 0 Å². The minimum absolute atomic E-state index is 0.128. The van der Waals surface area contributed by atoms with Crippen LogP contribution in [-0.4, -0.2) is 23.7 Å². The lowest BCUT2D eigenvalue weighted by molar-refractivity contribution is 0.239. The normalized spacial score (nSPS) is 11.5. The van der Waals surface area contributed by atoms with Gasteiger partial charge in [0.1, 0.15) is 11.5 Å². The largest absolute Gasteiger partial charge is 0.508 e. The number of nitrogens with one attached hydrogen (secondary N) is 2.